The molecular weight excluding hydrogens is 294 g/mol. The first-order valence-corrected chi connectivity index (χ1v) is 8.21. The summed E-state index contributed by atoms with van der Waals surface area (Å²) in [5, 5.41) is 3.24. The molecule has 0 bridgehead atoms. The van der Waals surface area contributed by atoms with Crippen molar-refractivity contribution in [3.63, 3.8) is 0 Å². The molecule has 0 spiro atoms. The van der Waals surface area contributed by atoms with Crippen LogP contribution in [-0.4, -0.2) is 56.0 Å². The lowest BCUT2D eigenvalue weighted by atomic mass is 10.1. The van der Waals surface area contributed by atoms with Crippen LogP contribution >= 0.6 is 0 Å². The second kappa shape index (κ2) is 7.00. The number of nitrogens with one attached hydrogen (secondary N) is 1. The number of amides is 2. The lowest BCUT2D eigenvalue weighted by molar-refractivity contribution is -0.136. The fourth-order valence-electron chi connectivity index (χ4n) is 3.15. The third-order valence-electron chi connectivity index (χ3n) is 4.36. The van der Waals surface area contributed by atoms with Crippen molar-refractivity contribution in [3.05, 3.63) is 24.3 Å². The van der Waals surface area contributed by atoms with Crippen molar-refractivity contribution in [1.29, 1.82) is 0 Å². The number of piperazine rings is 1. The number of hydrogen-bond donors (Lipinski definition) is 1. The van der Waals surface area contributed by atoms with E-state index in [1.165, 1.54) is 0 Å². The zero-order chi connectivity index (χ0) is 16.2. The largest absolute Gasteiger partial charge is 0.494 e. The summed E-state index contributed by atoms with van der Waals surface area (Å²) in [4.78, 5) is 28.4. The van der Waals surface area contributed by atoms with Crippen LogP contribution in [0.1, 0.15) is 13.3 Å². The second-order valence-corrected chi connectivity index (χ2v) is 5.91. The molecule has 2 aliphatic rings. The number of benzene rings is 1. The fraction of sp³-hybridized carbons (Fsp3) is 0.529. The molecule has 1 aromatic carbocycles. The molecule has 3 rings (SSSR count). The lowest BCUT2D eigenvalue weighted by Gasteiger charge is -2.29. The highest BCUT2D eigenvalue weighted by atomic mass is 16.5. The number of carbonyl (C=O) groups excluding carboxylic acids is 2. The molecule has 1 unspecified atom stereocenters. The van der Waals surface area contributed by atoms with Gasteiger partial charge in [0.05, 0.1) is 12.5 Å². The highest BCUT2D eigenvalue weighted by Crippen LogP contribution is 2.28. The summed E-state index contributed by atoms with van der Waals surface area (Å²) >= 11 is 0. The Morgan fingerprint density at radius 3 is 2.61 bits per heavy atom. The molecule has 0 aliphatic carbocycles. The molecule has 1 atom stereocenters. The van der Waals surface area contributed by atoms with E-state index in [4.69, 9.17) is 4.74 Å². The minimum atomic E-state index is -0.229. The van der Waals surface area contributed by atoms with Gasteiger partial charge in [0.2, 0.25) is 11.8 Å². The average Bonchev–Trinajstić information content (AvgIpc) is 2.98. The minimum Gasteiger partial charge on any atom is -0.494 e. The van der Waals surface area contributed by atoms with Crippen LogP contribution < -0.4 is 15.0 Å². The smallest absolute Gasteiger partial charge is 0.228 e. The van der Waals surface area contributed by atoms with E-state index in [0.717, 1.165) is 37.6 Å². The molecule has 6 heteroatoms. The monoisotopic (exact) mass is 317 g/mol. The number of carbonyl (C=O) groups is 2. The summed E-state index contributed by atoms with van der Waals surface area (Å²) in [5.41, 5.74) is 0.828. The molecule has 0 radical (unpaired) electrons. The van der Waals surface area contributed by atoms with Crippen LogP contribution in [0.25, 0.3) is 0 Å². The van der Waals surface area contributed by atoms with Gasteiger partial charge in [0.25, 0.3) is 0 Å². The van der Waals surface area contributed by atoms with Gasteiger partial charge in [-0.1, -0.05) is 0 Å². The predicted octanol–water partition coefficient (Wildman–Crippen LogP) is 0.870. The summed E-state index contributed by atoms with van der Waals surface area (Å²) in [7, 11) is 0. The zero-order valence-electron chi connectivity index (χ0n) is 13.5. The maximum Gasteiger partial charge on any atom is 0.228 e. The second-order valence-electron chi connectivity index (χ2n) is 5.91. The highest BCUT2D eigenvalue weighted by molar-refractivity contribution is 6.00. The summed E-state index contributed by atoms with van der Waals surface area (Å²) in [5.74, 6) is 0.680. The van der Waals surface area contributed by atoms with Gasteiger partial charge in [-0.3, -0.25) is 9.59 Å². The Bertz CT molecular complexity index is 567. The summed E-state index contributed by atoms with van der Waals surface area (Å²) < 4.78 is 5.42. The summed E-state index contributed by atoms with van der Waals surface area (Å²) in [6.45, 7) is 6.13. The first kappa shape index (κ1) is 15.8. The van der Waals surface area contributed by atoms with Crippen LogP contribution in [0.5, 0.6) is 5.75 Å². The van der Waals surface area contributed by atoms with Crippen molar-refractivity contribution < 1.29 is 14.3 Å². The van der Waals surface area contributed by atoms with E-state index in [1.54, 1.807) is 4.90 Å². The van der Waals surface area contributed by atoms with E-state index in [2.05, 4.69) is 5.32 Å². The molecule has 2 heterocycles. The molecule has 0 aromatic heterocycles. The third kappa shape index (κ3) is 3.47. The zero-order valence-corrected chi connectivity index (χ0v) is 13.5. The van der Waals surface area contributed by atoms with Gasteiger partial charge in [0.15, 0.2) is 0 Å². The van der Waals surface area contributed by atoms with Gasteiger partial charge in [0, 0.05) is 44.8 Å². The van der Waals surface area contributed by atoms with E-state index in [9.17, 15) is 9.59 Å². The SMILES string of the molecule is CCOc1ccc(N2CC(C(=O)N3CCNCC3)CC2=O)cc1. The first-order chi connectivity index (χ1) is 11.2. The minimum absolute atomic E-state index is 0.0163. The average molecular weight is 317 g/mol. The molecule has 2 aliphatic heterocycles. The van der Waals surface area contributed by atoms with Gasteiger partial charge in [-0.2, -0.15) is 0 Å². The molecular formula is C17H23N3O3. The van der Waals surface area contributed by atoms with E-state index < -0.39 is 0 Å². The Kier molecular flexibility index (Phi) is 4.81. The molecule has 6 nitrogen and oxygen atoms in total. The Morgan fingerprint density at radius 1 is 1.26 bits per heavy atom. The number of anilines is 1. The van der Waals surface area contributed by atoms with Gasteiger partial charge >= 0.3 is 0 Å². The summed E-state index contributed by atoms with van der Waals surface area (Å²) in [6.07, 6.45) is 0.302. The summed E-state index contributed by atoms with van der Waals surface area (Å²) in [6, 6.07) is 7.47. The quantitative estimate of drug-likeness (QED) is 0.895. The van der Waals surface area contributed by atoms with Gasteiger partial charge in [-0.25, -0.2) is 0 Å². The van der Waals surface area contributed by atoms with Crippen LogP contribution in [-0.2, 0) is 9.59 Å². The Morgan fingerprint density at radius 2 is 1.96 bits per heavy atom. The first-order valence-electron chi connectivity index (χ1n) is 8.21. The molecule has 2 fully saturated rings. The highest BCUT2D eigenvalue weighted by Gasteiger charge is 2.37. The van der Waals surface area contributed by atoms with E-state index in [1.807, 2.05) is 36.1 Å². The van der Waals surface area contributed by atoms with E-state index in [0.29, 0.717) is 19.6 Å². The lowest BCUT2D eigenvalue weighted by Crippen LogP contribution is -2.48. The van der Waals surface area contributed by atoms with Crippen molar-refractivity contribution in [2.45, 2.75) is 13.3 Å². The molecule has 2 saturated heterocycles. The van der Waals surface area contributed by atoms with Crippen molar-refractivity contribution in [2.75, 3.05) is 44.2 Å². The van der Waals surface area contributed by atoms with E-state index in [-0.39, 0.29) is 17.7 Å². The number of nitrogens with zero attached hydrogens (tertiary/aromatic N) is 2. The number of hydrogen-bond acceptors (Lipinski definition) is 4. The Labute approximate surface area is 136 Å². The van der Waals surface area contributed by atoms with Crippen molar-refractivity contribution in [3.8, 4) is 5.75 Å². The normalized spacial score (nSPS) is 21.6. The Balaban J connectivity index is 1.65. The molecule has 1 aromatic rings. The van der Waals surface area contributed by atoms with Crippen LogP contribution in [0, 0.1) is 5.92 Å². The van der Waals surface area contributed by atoms with Gasteiger partial charge in [0.1, 0.15) is 5.75 Å². The van der Waals surface area contributed by atoms with Crippen LogP contribution in [0.15, 0.2) is 24.3 Å². The van der Waals surface area contributed by atoms with Crippen molar-refractivity contribution >= 4 is 17.5 Å². The maximum atomic E-state index is 12.6. The molecule has 0 saturated carbocycles. The molecule has 2 amide bonds. The maximum absolute atomic E-state index is 12.6. The molecule has 1 N–H and O–H groups in total. The van der Waals surface area contributed by atoms with Crippen molar-refractivity contribution in [1.82, 2.24) is 10.2 Å². The molecule has 124 valence electrons. The van der Waals surface area contributed by atoms with Gasteiger partial charge < -0.3 is 19.9 Å². The van der Waals surface area contributed by atoms with Gasteiger partial charge in [-0.15, -0.1) is 0 Å². The number of rotatable bonds is 4. The van der Waals surface area contributed by atoms with Crippen molar-refractivity contribution in [2.24, 2.45) is 5.92 Å². The van der Waals surface area contributed by atoms with Crippen LogP contribution in [0.4, 0.5) is 5.69 Å². The standard InChI is InChI=1S/C17H23N3O3/c1-2-23-15-5-3-14(4-6-15)20-12-13(11-16(20)21)17(22)19-9-7-18-8-10-19/h3-6,13,18H,2,7-12H2,1H3. The third-order valence-corrected chi connectivity index (χ3v) is 4.36. The van der Waals surface area contributed by atoms with Gasteiger partial charge in [-0.05, 0) is 31.2 Å². The van der Waals surface area contributed by atoms with E-state index >= 15 is 0 Å². The fourth-order valence-corrected chi connectivity index (χ4v) is 3.15. The van der Waals surface area contributed by atoms with Crippen LogP contribution in [0.3, 0.4) is 0 Å². The predicted molar refractivity (Wildman–Crippen MR) is 87.5 cm³/mol. The number of ether oxygens (including phenoxy) is 1. The topological polar surface area (TPSA) is 61.9 Å². The molecule has 23 heavy (non-hydrogen) atoms. The Hall–Kier alpha value is -2.08. The van der Waals surface area contributed by atoms with Crippen LogP contribution in [0.2, 0.25) is 0 Å².